The van der Waals surface area contributed by atoms with E-state index in [1.54, 1.807) is 24.8 Å². The zero-order valence-corrected chi connectivity index (χ0v) is 21.2. The van der Waals surface area contributed by atoms with Crippen LogP contribution in [0.3, 0.4) is 0 Å². The number of aromatic nitrogens is 2. The molecule has 3 aliphatic rings. The van der Waals surface area contributed by atoms with Gasteiger partial charge in [0.1, 0.15) is 12.2 Å². The van der Waals surface area contributed by atoms with Gasteiger partial charge in [0.15, 0.2) is 11.5 Å². The van der Waals surface area contributed by atoms with Crippen LogP contribution in [0.4, 0.5) is 29.5 Å². The second-order valence-corrected chi connectivity index (χ2v) is 10.6. The molecule has 1 aromatic carbocycles. The fraction of sp³-hybridized carbons (Fsp3) is 0.520. The molecule has 0 bridgehead atoms. The number of nitrogen functional groups attached to an aromatic ring is 1. The van der Waals surface area contributed by atoms with Crippen molar-refractivity contribution in [2.75, 3.05) is 25.4 Å². The Kier molecular flexibility index (Phi) is 6.45. The van der Waals surface area contributed by atoms with E-state index in [2.05, 4.69) is 15.0 Å². The zero-order chi connectivity index (χ0) is 26.5. The van der Waals surface area contributed by atoms with E-state index < -0.39 is 23.4 Å². The van der Waals surface area contributed by atoms with Crippen molar-refractivity contribution in [2.45, 2.75) is 57.2 Å². The number of hydrogen-bond donors (Lipinski definition) is 1. The first-order chi connectivity index (χ1) is 17.4. The molecule has 3 heterocycles. The molecule has 5 rings (SSSR count). The number of aliphatic imine (C=N–C) groups is 1. The van der Waals surface area contributed by atoms with E-state index in [0.717, 1.165) is 37.8 Å². The maximum absolute atomic E-state index is 13.1. The minimum absolute atomic E-state index is 0.0391. The number of amides is 1. The lowest BCUT2D eigenvalue weighted by Crippen LogP contribution is -2.41. The highest BCUT2D eigenvalue weighted by molar-refractivity contribution is 6.32. The summed E-state index contributed by atoms with van der Waals surface area (Å²) in [5.74, 6) is -1.35. The average Bonchev–Trinajstić information content (AvgIpc) is 3.22. The minimum Gasteiger partial charge on any atom is -0.463 e. The summed E-state index contributed by atoms with van der Waals surface area (Å²) in [6.07, 6.45) is -1.07. The van der Waals surface area contributed by atoms with Crippen molar-refractivity contribution in [3.8, 4) is 5.88 Å². The number of rotatable bonds is 4. The summed E-state index contributed by atoms with van der Waals surface area (Å²) in [5.41, 5.74) is 6.84. The normalized spacial score (nSPS) is 23.2. The van der Waals surface area contributed by atoms with Crippen molar-refractivity contribution in [3.05, 3.63) is 40.2 Å². The van der Waals surface area contributed by atoms with Gasteiger partial charge in [-0.3, -0.25) is 0 Å². The monoisotopic (exact) mass is 537 g/mol. The minimum atomic E-state index is -4.76. The number of nitrogens with zero attached hydrogens (tertiary/aromatic N) is 4. The summed E-state index contributed by atoms with van der Waals surface area (Å²) in [6, 6.07) is 5.67. The Hall–Kier alpha value is -3.08. The van der Waals surface area contributed by atoms with E-state index in [4.69, 9.17) is 26.8 Å². The van der Waals surface area contributed by atoms with Crippen LogP contribution in [-0.4, -0.2) is 52.0 Å². The van der Waals surface area contributed by atoms with Crippen LogP contribution in [0, 0.1) is 5.92 Å². The fourth-order valence-electron chi connectivity index (χ4n) is 5.27. The number of anilines is 1. The van der Waals surface area contributed by atoms with Gasteiger partial charge in [0.2, 0.25) is 11.7 Å². The molecule has 1 aliphatic carbocycles. The second kappa shape index (κ2) is 9.34. The molecule has 2 aromatic rings. The maximum atomic E-state index is 13.1. The summed E-state index contributed by atoms with van der Waals surface area (Å²) in [5, 5.41) is 0.588. The van der Waals surface area contributed by atoms with Crippen molar-refractivity contribution >= 4 is 34.9 Å². The molecule has 0 unspecified atom stereocenters. The Balaban J connectivity index is 1.35. The van der Waals surface area contributed by atoms with E-state index in [1.165, 1.54) is 0 Å². The summed E-state index contributed by atoms with van der Waals surface area (Å²) in [4.78, 5) is 24.9. The number of carbonyl (C=O) groups excluding carboxylic acids is 1. The molecule has 1 amide bonds. The topological polar surface area (TPSA) is 103 Å². The average molecular weight is 538 g/mol. The number of cyclic esters (lactones) is 1. The van der Waals surface area contributed by atoms with Crippen LogP contribution in [-0.2, 0) is 10.9 Å². The largest absolute Gasteiger partial charge is 0.463 e. The van der Waals surface area contributed by atoms with Crippen LogP contribution >= 0.6 is 11.6 Å². The first-order valence-electron chi connectivity index (χ1n) is 12.2. The second-order valence-electron chi connectivity index (χ2n) is 10.2. The van der Waals surface area contributed by atoms with Gasteiger partial charge in [0.05, 0.1) is 12.3 Å². The molecule has 198 valence electrons. The van der Waals surface area contributed by atoms with Gasteiger partial charge in [0.25, 0.3) is 0 Å². The summed E-state index contributed by atoms with van der Waals surface area (Å²) < 4.78 is 50.2. The van der Waals surface area contributed by atoms with Crippen molar-refractivity contribution < 1.29 is 27.4 Å². The predicted octanol–water partition coefficient (Wildman–Crippen LogP) is 5.75. The lowest BCUT2D eigenvalue weighted by Gasteiger charge is -2.33. The number of hydrogen-bond acceptors (Lipinski definition) is 7. The van der Waals surface area contributed by atoms with Crippen LogP contribution < -0.4 is 10.5 Å². The molecule has 1 aromatic heterocycles. The molecule has 0 spiro atoms. The van der Waals surface area contributed by atoms with Crippen LogP contribution in [0.15, 0.2) is 23.2 Å². The van der Waals surface area contributed by atoms with E-state index in [-0.39, 0.29) is 17.7 Å². The summed E-state index contributed by atoms with van der Waals surface area (Å²) in [7, 11) is 0. The number of nitrogens with two attached hydrogens (primary N) is 1. The third kappa shape index (κ3) is 5.05. The molecular weight excluding hydrogens is 511 g/mol. The van der Waals surface area contributed by atoms with Gasteiger partial charge in [-0.15, -0.1) is 0 Å². The third-order valence-corrected chi connectivity index (χ3v) is 7.49. The highest BCUT2D eigenvalue weighted by Gasteiger charge is 2.40. The van der Waals surface area contributed by atoms with Crippen molar-refractivity contribution in [2.24, 2.45) is 10.9 Å². The Morgan fingerprint density at radius 3 is 2.54 bits per heavy atom. The van der Waals surface area contributed by atoms with E-state index in [0.29, 0.717) is 41.3 Å². The van der Waals surface area contributed by atoms with Gasteiger partial charge in [0, 0.05) is 17.1 Å². The highest BCUT2D eigenvalue weighted by Crippen LogP contribution is 2.43. The highest BCUT2D eigenvalue weighted by atomic mass is 35.5. The smallest absolute Gasteiger partial charge is 0.451 e. The number of benzene rings is 1. The van der Waals surface area contributed by atoms with Crippen LogP contribution in [0.25, 0.3) is 0 Å². The van der Waals surface area contributed by atoms with Gasteiger partial charge in [-0.25, -0.2) is 14.8 Å². The number of alkyl halides is 3. The molecule has 2 N–H and O–H groups in total. The molecule has 2 aliphatic heterocycles. The molecule has 0 radical (unpaired) electrons. The Bertz CT molecular complexity index is 1260. The third-order valence-electron chi connectivity index (χ3n) is 7.16. The summed E-state index contributed by atoms with van der Waals surface area (Å²) in [6.45, 7) is 5.23. The van der Waals surface area contributed by atoms with E-state index in [9.17, 15) is 18.0 Å². The molecular formula is C25H27ClF3N5O3. The van der Waals surface area contributed by atoms with Gasteiger partial charge < -0.3 is 20.1 Å². The van der Waals surface area contributed by atoms with Gasteiger partial charge in [-0.1, -0.05) is 23.7 Å². The Morgan fingerprint density at radius 1 is 1.19 bits per heavy atom. The van der Waals surface area contributed by atoms with Crippen molar-refractivity contribution in [3.63, 3.8) is 0 Å². The SMILES string of the molecule is CC1(C)Oc2nc(C(F)(F)F)nc(N)c2N=C1c1ccc([C@H]2CC[C@H](CN3CCOC3=O)CC2)c(Cl)c1. The number of fused-ring (bicyclic) bond motifs is 1. The number of carbonyl (C=O) groups is 1. The molecule has 0 atom stereocenters. The van der Waals surface area contributed by atoms with Gasteiger partial charge in [-0.2, -0.15) is 18.2 Å². The van der Waals surface area contributed by atoms with Gasteiger partial charge in [-0.05, 0) is 63.0 Å². The fourth-order valence-corrected chi connectivity index (χ4v) is 5.60. The first-order valence-corrected chi connectivity index (χ1v) is 12.5. The molecule has 1 saturated carbocycles. The lowest BCUT2D eigenvalue weighted by atomic mass is 9.78. The quantitative estimate of drug-likeness (QED) is 0.533. The molecule has 12 heteroatoms. The van der Waals surface area contributed by atoms with Crippen LogP contribution in [0.1, 0.15) is 62.4 Å². The molecule has 2 fully saturated rings. The van der Waals surface area contributed by atoms with Crippen LogP contribution in [0.5, 0.6) is 5.88 Å². The number of halogens is 4. The first kappa shape index (κ1) is 25.6. The van der Waals surface area contributed by atoms with Crippen LogP contribution in [0.2, 0.25) is 5.02 Å². The number of ether oxygens (including phenoxy) is 2. The van der Waals surface area contributed by atoms with Crippen molar-refractivity contribution in [1.82, 2.24) is 14.9 Å². The molecule has 8 nitrogen and oxygen atoms in total. The molecule has 37 heavy (non-hydrogen) atoms. The Labute approximate surface area is 217 Å². The Morgan fingerprint density at radius 2 is 1.92 bits per heavy atom. The zero-order valence-electron chi connectivity index (χ0n) is 20.4. The van der Waals surface area contributed by atoms with Crippen molar-refractivity contribution in [1.29, 1.82) is 0 Å². The molecule has 1 saturated heterocycles. The lowest BCUT2D eigenvalue weighted by molar-refractivity contribution is -0.145. The predicted molar refractivity (Wildman–Crippen MR) is 131 cm³/mol. The van der Waals surface area contributed by atoms with E-state index in [1.807, 2.05) is 12.1 Å². The maximum Gasteiger partial charge on any atom is 0.451 e. The summed E-state index contributed by atoms with van der Waals surface area (Å²) >= 11 is 6.73. The standard InChI is InChI=1S/C25H27ClF3N5O3/c1-24(2)19(31-18-20(30)32-22(25(27,28)29)33-21(18)37-24)15-7-8-16(17(26)11-15)14-5-3-13(4-6-14)12-34-9-10-36-23(34)35/h7-8,11,13-14H,3-6,9-10,12H2,1-2H3,(H2,30,32,33)/t13-,14-. The van der Waals surface area contributed by atoms with E-state index >= 15 is 0 Å². The van der Waals surface area contributed by atoms with Gasteiger partial charge >= 0.3 is 12.3 Å².